The Morgan fingerprint density at radius 2 is 2.00 bits per heavy atom. The molecule has 146 valence electrons. The minimum Gasteiger partial charge on any atom is -0.460 e. The normalized spacial score (nSPS) is 13.3. The second-order valence-electron chi connectivity index (χ2n) is 6.86. The van der Waals surface area contributed by atoms with Gasteiger partial charge in [0.2, 0.25) is 5.43 Å². The van der Waals surface area contributed by atoms with Crippen molar-refractivity contribution in [3.05, 3.63) is 64.3 Å². The number of hydrogen-bond acceptors (Lipinski definition) is 5. The van der Waals surface area contributed by atoms with Gasteiger partial charge in [0, 0.05) is 6.07 Å². The van der Waals surface area contributed by atoms with Gasteiger partial charge in [-0.1, -0.05) is 32.4 Å². The van der Waals surface area contributed by atoms with Crippen molar-refractivity contribution < 1.29 is 18.3 Å². The molecule has 0 spiro atoms. The smallest absolute Gasteiger partial charge is 0.328 e. The predicted octanol–water partition coefficient (Wildman–Crippen LogP) is 4.19. The molecule has 0 saturated carbocycles. The van der Waals surface area contributed by atoms with Gasteiger partial charge < -0.3 is 14.9 Å². The van der Waals surface area contributed by atoms with Gasteiger partial charge in [0.05, 0.1) is 10.9 Å². The number of esters is 1. The lowest BCUT2D eigenvalue weighted by Gasteiger charge is -2.16. The minimum atomic E-state index is -0.732. The van der Waals surface area contributed by atoms with Crippen molar-refractivity contribution in [3.8, 4) is 16.9 Å². The summed E-state index contributed by atoms with van der Waals surface area (Å²) >= 11 is 0. The number of rotatable bonds is 5. The lowest BCUT2D eigenvalue weighted by Crippen LogP contribution is -2.39. The third kappa shape index (κ3) is 3.82. The van der Waals surface area contributed by atoms with Gasteiger partial charge in [-0.3, -0.25) is 4.79 Å². The molecule has 1 aromatic heterocycles. The van der Waals surface area contributed by atoms with Crippen molar-refractivity contribution in [2.45, 2.75) is 33.2 Å². The van der Waals surface area contributed by atoms with E-state index < -0.39 is 17.8 Å². The van der Waals surface area contributed by atoms with Gasteiger partial charge in [-0.25, -0.2) is 9.18 Å². The molecule has 0 aliphatic carbocycles. The fourth-order valence-electron chi connectivity index (χ4n) is 3.00. The second kappa shape index (κ2) is 7.94. The summed E-state index contributed by atoms with van der Waals surface area (Å²) in [7, 11) is 0. The fraction of sp³-hybridized carbons (Fsp3) is 0.273. The molecule has 0 radical (unpaired) electrons. The second-order valence-corrected chi connectivity index (χ2v) is 6.86. The van der Waals surface area contributed by atoms with Crippen LogP contribution in [0.2, 0.25) is 0 Å². The molecule has 2 atom stereocenters. The monoisotopic (exact) mass is 383 g/mol. The molecule has 0 aliphatic heterocycles. The van der Waals surface area contributed by atoms with Gasteiger partial charge in [0.25, 0.3) is 0 Å². The summed E-state index contributed by atoms with van der Waals surface area (Å²) < 4.78 is 24.7. The van der Waals surface area contributed by atoms with Gasteiger partial charge in [0.1, 0.15) is 29.0 Å². The molecule has 2 N–H and O–H groups in total. The number of benzene rings is 2. The predicted molar refractivity (Wildman–Crippen MR) is 106 cm³/mol. The van der Waals surface area contributed by atoms with Crippen molar-refractivity contribution in [2.75, 3.05) is 0 Å². The zero-order chi connectivity index (χ0) is 20.4. The van der Waals surface area contributed by atoms with Gasteiger partial charge in [-0.05, 0) is 42.7 Å². The number of carbonyl (C=O) groups excluding carboxylic acids is 1. The van der Waals surface area contributed by atoms with Crippen LogP contribution in [0.15, 0.2) is 51.7 Å². The summed E-state index contributed by atoms with van der Waals surface area (Å²) in [4.78, 5) is 25.1. The number of halogens is 1. The molecule has 0 amide bonds. The fourth-order valence-corrected chi connectivity index (χ4v) is 3.00. The average molecular weight is 383 g/mol. The van der Waals surface area contributed by atoms with Crippen molar-refractivity contribution in [1.29, 1.82) is 0 Å². The van der Waals surface area contributed by atoms with Crippen LogP contribution in [0.5, 0.6) is 5.75 Å². The molecule has 0 saturated heterocycles. The molecule has 28 heavy (non-hydrogen) atoms. The van der Waals surface area contributed by atoms with Gasteiger partial charge in [-0.2, -0.15) is 0 Å². The molecule has 1 heterocycles. The first kappa shape index (κ1) is 19.8. The van der Waals surface area contributed by atoms with Crippen LogP contribution in [0.4, 0.5) is 4.39 Å². The van der Waals surface area contributed by atoms with E-state index in [1.165, 1.54) is 36.4 Å². The van der Waals surface area contributed by atoms with Crippen LogP contribution < -0.4 is 15.9 Å². The van der Waals surface area contributed by atoms with E-state index in [2.05, 4.69) is 0 Å². The van der Waals surface area contributed by atoms with Crippen molar-refractivity contribution >= 4 is 16.9 Å². The molecule has 2 aromatic carbocycles. The third-order valence-electron chi connectivity index (χ3n) is 4.90. The number of ether oxygens (including phenoxy) is 1. The SMILES string of the molecule is CC[C@H](C)[C@@H](N)C(=O)Oc1ccc2c(=O)c(-c3cccc(F)c3)c(C)oc2c1. The molecular formula is C22H22FNO4. The molecule has 3 aromatic rings. The van der Waals surface area contributed by atoms with Gasteiger partial charge in [0.15, 0.2) is 0 Å². The number of hydrogen-bond donors (Lipinski definition) is 1. The summed E-state index contributed by atoms with van der Waals surface area (Å²) in [6.45, 7) is 5.46. The summed E-state index contributed by atoms with van der Waals surface area (Å²) in [5, 5.41) is 0.316. The largest absolute Gasteiger partial charge is 0.460 e. The summed E-state index contributed by atoms with van der Waals surface area (Å²) in [5.74, 6) is -0.386. The Labute approximate surface area is 161 Å². The average Bonchev–Trinajstić information content (AvgIpc) is 2.66. The first-order valence-corrected chi connectivity index (χ1v) is 9.12. The zero-order valence-electron chi connectivity index (χ0n) is 16.0. The maximum absolute atomic E-state index is 13.6. The van der Waals surface area contributed by atoms with Gasteiger partial charge >= 0.3 is 5.97 Å². The van der Waals surface area contributed by atoms with E-state index in [4.69, 9.17) is 14.9 Å². The first-order valence-electron chi connectivity index (χ1n) is 9.12. The van der Waals surface area contributed by atoms with Crippen molar-refractivity contribution in [3.63, 3.8) is 0 Å². The van der Waals surface area contributed by atoms with Crippen LogP contribution >= 0.6 is 0 Å². The van der Waals surface area contributed by atoms with Crippen LogP contribution in [-0.4, -0.2) is 12.0 Å². The quantitative estimate of drug-likeness (QED) is 0.528. The van der Waals surface area contributed by atoms with Crippen molar-refractivity contribution in [2.24, 2.45) is 11.7 Å². The summed E-state index contributed by atoms with van der Waals surface area (Å²) in [6, 6.07) is 9.60. The number of nitrogens with two attached hydrogens (primary N) is 1. The minimum absolute atomic E-state index is 0.0121. The number of aryl methyl sites for hydroxylation is 1. The van der Waals surface area contributed by atoms with E-state index in [-0.39, 0.29) is 22.7 Å². The standard InChI is InChI=1S/C22H22FNO4/c1-4-12(2)20(24)22(26)28-16-8-9-17-18(11-16)27-13(3)19(21(17)25)14-6-5-7-15(23)10-14/h5-12,20H,4,24H2,1-3H3/t12-,20+/m0/s1. The molecule has 0 aliphatic rings. The topological polar surface area (TPSA) is 82.5 Å². The zero-order valence-corrected chi connectivity index (χ0v) is 16.0. The Hall–Kier alpha value is -2.99. The van der Waals surface area contributed by atoms with E-state index >= 15 is 0 Å². The third-order valence-corrected chi connectivity index (χ3v) is 4.90. The molecule has 6 heteroatoms. The van der Waals surface area contributed by atoms with Gasteiger partial charge in [-0.15, -0.1) is 0 Å². The Bertz CT molecular complexity index is 1090. The Kier molecular flexibility index (Phi) is 5.61. The van der Waals surface area contributed by atoms with E-state index in [9.17, 15) is 14.0 Å². The van der Waals surface area contributed by atoms with Crippen LogP contribution in [0, 0.1) is 18.7 Å². The maximum Gasteiger partial charge on any atom is 0.328 e. The highest BCUT2D eigenvalue weighted by Crippen LogP contribution is 2.27. The molecule has 5 nitrogen and oxygen atoms in total. The molecular weight excluding hydrogens is 361 g/mol. The maximum atomic E-state index is 13.6. The lowest BCUT2D eigenvalue weighted by atomic mass is 10.0. The Balaban J connectivity index is 1.99. The molecule has 0 fully saturated rings. The molecule has 0 unspecified atom stereocenters. The highest BCUT2D eigenvalue weighted by Gasteiger charge is 2.22. The molecule has 3 rings (SSSR count). The number of carbonyl (C=O) groups is 1. The van der Waals surface area contributed by atoms with E-state index in [0.29, 0.717) is 22.3 Å². The number of fused-ring (bicyclic) bond motifs is 1. The summed E-state index contributed by atoms with van der Waals surface area (Å²) in [5.41, 5.74) is 6.65. The van der Waals surface area contributed by atoms with E-state index in [0.717, 1.165) is 6.42 Å². The highest BCUT2D eigenvalue weighted by molar-refractivity contribution is 5.85. The summed E-state index contributed by atoms with van der Waals surface area (Å²) in [6.07, 6.45) is 0.755. The Morgan fingerprint density at radius 1 is 1.25 bits per heavy atom. The van der Waals surface area contributed by atoms with Crippen LogP contribution in [0.25, 0.3) is 22.1 Å². The van der Waals surface area contributed by atoms with Crippen LogP contribution in [-0.2, 0) is 4.79 Å². The first-order chi connectivity index (χ1) is 13.3. The lowest BCUT2D eigenvalue weighted by molar-refractivity contribution is -0.137. The highest BCUT2D eigenvalue weighted by atomic mass is 19.1. The molecule has 0 bridgehead atoms. The van der Waals surface area contributed by atoms with Crippen LogP contribution in [0.1, 0.15) is 26.0 Å². The van der Waals surface area contributed by atoms with Crippen LogP contribution in [0.3, 0.4) is 0 Å². The Morgan fingerprint density at radius 3 is 2.68 bits per heavy atom. The van der Waals surface area contributed by atoms with E-state index in [1.54, 1.807) is 13.0 Å². The van der Waals surface area contributed by atoms with Crippen molar-refractivity contribution in [1.82, 2.24) is 0 Å². The van der Waals surface area contributed by atoms with E-state index in [1.807, 2.05) is 13.8 Å².